The average Bonchev–Trinajstić information content (AvgIpc) is 3.45. The first-order chi connectivity index (χ1) is 21.0. The number of fused-ring (bicyclic) bond motifs is 7. The van der Waals surface area contributed by atoms with E-state index in [1.165, 1.54) is 7.11 Å². The van der Waals surface area contributed by atoms with E-state index in [2.05, 4.69) is 55.9 Å². The summed E-state index contributed by atoms with van der Waals surface area (Å²) >= 11 is 0. The number of hydrogen-bond donors (Lipinski definition) is 1. The van der Waals surface area contributed by atoms with Crippen LogP contribution in [0, 0.1) is 56.2 Å². The number of rotatable bonds is 4. The lowest BCUT2D eigenvalue weighted by atomic mass is 9.34. The second-order valence-corrected chi connectivity index (χ2v) is 16.6. The summed E-state index contributed by atoms with van der Waals surface area (Å²) in [6.07, 6.45) is 9.98. The van der Waals surface area contributed by atoms with E-state index in [-0.39, 0.29) is 51.1 Å². The van der Waals surface area contributed by atoms with Gasteiger partial charge in [0.2, 0.25) is 5.89 Å². The van der Waals surface area contributed by atoms with Crippen LogP contribution in [0.25, 0.3) is 0 Å². The fourth-order valence-electron chi connectivity index (χ4n) is 10.9. The van der Waals surface area contributed by atoms with Crippen molar-refractivity contribution in [3.05, 3.63) is 35.0 Å². The van der Waals surface area contributed by atoms with Gasteiger partial charge in [0.15, 0.2) is 17.4 Å². The number of ketones is 2. The van der Waals surface area contributed by atoms with Crippen molar-refractivity contribution in [1.29, 1.82) is 5.26 Å². The van der Waals surface area contributed by atoms with E-state index in [4.69, 9.17) is 9.51 Å². The number of Topliss-reactive ketones (excluding diaryl/α,β-unsaturated/α-hetero) is 1. The van der Waals surface area contributed by atoms with Crippen molar-refractivity contribution in [1.82, 2.24) is 15.5 Å². The third-order valence-electron chi connectivity index (χ3n) is 13.6. The molecule has 242 valence electrons. The first kappa shape index (κ1) is 31.7. The number of nitrogens with zero attached hydrogens (tertiary/aromatic N) is 3. The summed E-state index contributed by atoms with van der Waals surface area (Å²) in [6, 6.07) is 2.19. The zero-order valence-electron chi connectivity index (χ0n) is 28.1. The molecule has 5 aliphatic carbocycles. The summed E-state index contributed by atoms with van der Waals surface area (Å²) in [5.41, 5.74) is -0.855. The zero-order valence-corrected chi connectivity index (χ0v) is 28.1. The van der Waals surface area contributed by atoms with E-state index in [9.17, 15) is 19.6 Å². The highest BCUT2D eigenvalue weighted by Gasteiger charge is 2.70. The molecule has 9 nitrogen and oxygen atoms in total. The summed E-state index contributed by atoms with van der Waals surface area (Å²) in [4.78, 5) is 44.5. The predicted molar refractivity (Wildman–Crippen MR) is 167 cm³/mol. The highest BCUT2D eigenvalue weighted by Crippen LogP contribution is 2.74. The van der Waals surface area contributed by atoms with Crippen LogP contribution >= 0.6 is 0 Å². The lowest BCUT2D eigenvalue weighted by molar-refractivity contribution is -0.161. The molecule has 0 bridgehead atoms. The minimum absolute atomic E-state index is 0.0173. The van der Waals surface area contributed by atoms with Crippen LogP contribution in [-0.2, 0) is 26.2 Å². The van der Waals surface area contributed by atoms with Gasteiger partial charge in [0.05, 0.1) is 18.1 Å². The van der Waals surface area contributed by atoms with Crippen molar-refractivity contribution >= 4 is 17.7 Å². The van der Waals surface area contributed by atoms with E-state index >= 15 is 0 Å². The Bertz CT molecular complexity index is 1560. The Balaban J connectivity index is 1.43. The Labute approximate surface area is 266 Å². The van der Waals surface area contributed by atoms with Crippen molar-refractivity contribution in [2.75, 3.05) is 13.7 Å². The summed E-state index contributed by atoms with van der Waals surface area (Å²) in [5, 5.41) is 17.0. The normalized spacial score (nSPS) is 39.6. The van der Waals surface area contributed by atoms with Crippen LogP contribution in [-0.4, -0.2) is 41.5 Å². The van der Waals surface area contributed by atoms with Gasteiger partial charge in [-0.05, 0) is 79.1 Å². The lowest BCUT2D eigenvalue weighted by Crippen LogP contribution is -2.65. The number of carbonyl (C=O) groups is 3. The molecule has 9 heteroatoms. The van der Waals surface area contributed by atoms with Gasteiger partial charge >= 0.3 is 6.09 Å². The first-order valence-electron chi connectivity index (χ1n) is 16.6. The molecule has 0 saturated heterocycles. The van der Waals surface area contributed by atoms with Crippen LogP contribution in [0.1, 0.15) is 105 Å². The van der Waals surface area contributed by atoms with Crippen molar-refractivity contribution in [2.45, 2.75) is 105 Å². The number of alkyl carbamates (subject to hydrolysis) is 1. The molecule has 1 amide bonds. The summed E-state index contributed by atoms with van der Waals surface area (Å²) < 4.78 is 10.7. The topological polar surface area (TPSA) is 135 Å². The van der Waals surface area contributed by atoms with Crippen LogP contribution in [0.4, 0.5) is 4.79 Å². The molecule has 7 atom stereocenters. The van der Waals surface area contributed by atoms with Crippen LogP contribution in [0.5, 0.6) is 0 Å². The van der Waals surface area contributed by atoms with Crippen LogP contribution in [0.3, 0.4) is 0 Å². The van der Waals surface area contributed by atoms with Crippen LogP contribution in [0.2, 0.25) is 0 Å². The minimum atomic E-state index is -0.686. The molecule has 1 N–H and O–H groups in total. The minimum Gasteiger partial charge on any atom is -0.453 e. The SMILES string of the molecule is COC(=O)NCCc1noc([C@]23CCC(C)(C)C[C@H]2[C@H]2C(=O)C=C4[C@@]5(C)C=C(C#N)C(=O)C(C)(C)[C@@H]5CC[C@@]4(C)[C@]2(C)CC3)n1. The molecule has 5 aliphatic rings. The van der Waals surface area contributed by atoms with Gasteiger partial charge in [-0.1, -0.05) is 65.3 Å². The number of allylic oxidation sites excluding steroid dienone is 4. The number of carbonyl (C=O) groups excluding carboxylic acids is 3. The molecule has 0 aliphatic heterocycles. The molecule has 3 fully saturated rings. The number of nitriles is 1. The third kappa shape index (κ3) is 4.33. The van der Waals surface area contributed by atoms with Gasteiger partial charge in [-0.3, -0.25) is 9.59 Å². The third-order valence-corrected chi connectivity index (χ3v) is 13.6. The van der Waals surface area contributed by atoms with Gasteiger partial charge in [-0.15, -0.1) is 0 Å². The Morgan fingerprint density at radius 3 is 2.49 bits per heavy atom. The second-order valence-electron chi connectivity index (χ2n) is 16.6. The summed E-state index contributed by atoms with van der Waals surface area (Å²) in [5.74, 6) is 1.06. The zero-order chi connectivity index (χ0) is 32.8. The largest absolute Gasteiger partial charge is 0.453 e. The Hall–Kier alpha value is -3.28. The number of amides is 1. The van der Waals surface area contributed by atoms with E-state index in [1.54, 1.807) is 0 Å². The molecule has 3 saturated carbocycles. The summed E-state index contributed by atoms with van der Waals surface area (Å²) in [6.45, 7) is 15.7. The smallest absolute Gasteiger partial charge is 0.406 e. The Morgan fingerprint density at radius 2 is 1.80 bits per heavy atom. The fraction of sp³-hybridized carbons (Fsp3) is 0.722. The van der Waals surface area contributed by atoms with Crippen molar-refractivity contribution in [3.63, 3.8) is 0 Å². The molecule has 0 radical (unpaired) electrons. The molecule has 6 rings (SSSR count). The van der Waals surface area contributed by atoms with E-state index in [1.807, 2.05) is 26.0 Å². The van der Waals surface area contributed by atoms with Crippen molar-refractivity contribution in [3.8, 4) is 6.07 Å². The average molecular weight is 617 g/mol. The molecule has 1 aromatic heterocycles. The number of nitrogens with one attached hydrogen (secondary N) is 1. The molecule has 1 aromatic rings. The monoisotopic (exact) mass is 616 g/mol. The van der Waals surface area contributed by atoms with E-state index in [0.29, 0.717) is 24.7 Å². The highest BCUT2D eigenvalue weighted by atomic mass is 16.5. The van der Waals surface area contributed by atoms with Gasteiger partial charge in [0.25, 0.3) is 0 Å². The number of ether oxygens (including phenoxy) is 1. The Kier molecular flexibility index (Phi) is 7.12. The van der Waals surface area contributed by atoms with Gasteiger partial charge in [0, 0.05) is 29.7 Å². The fourth-order valence-corrected chi connectivity index (χ4v) is 10.9. The standard InChI is InChI=1S/C36H48N4O5/c1-31(2)12-14-36(29-39-26(40-45-29)10-16-38-30(43)44-8)15-13-35(7)27(22(36)19-31)23(41)17-25-33(5)18-21(20-37)28(42)32(3,4)24(33)9-11-34(25,35)6/h17-18,22,24,27H,9-16,19H2,1-8H3,(H,38,43)/t22-,24-,27-,33-,34+,35+,36-/m0/s1. The van der Waals surface area contributed by atoms with Gasteiger partial charge < -0.3 is 14.6 Å². The quantitative estimate of drug-likeness (QED) is 0.408. The van der Waals surface area contributed by atoms with Crippen molar-refractivity contribution < 1.29 is 23.6 Å². The highest BCUT2D eigenvalue weighted by molar-refractivity contribution is 6.04. The number of methoxy groups -OCH3 is 1. The maximum absolute atomic E-state index is 14.8. The molecule has 0 unspecified atom stereocenters. The van der Waals surface area contributed by atoms with Gasteiger partial charge in [-0.2, -0.15) is 10.2 Å². The van der Waals surface area contributed by atoms with Crippen LogP contribution < -0.4 is 5.32 Å². The molecule has 0 aromatic carbocycles. The summed E-state index contributed by atoms with van der Waals surface area (Å²) in [7, 11) is 1.33. The lowest BCUT2D eigenvalue weighted by Gasteiger charge is -2.68. The number of aromatic nitrogens is 2. The van der Waals surface area contributed by atoms with Gasteiger partial charge in [0.1, 0.15) is 6.07 Å². The predicted octanol–water partition coefficient (Wildman–Crippen LogP) is 6.44. The number of hydrogen-bond acceptors (Lipinski definition) is 8. The maximum atomic E-state index is 14.8. The van der Waals surface area contributed by atoms with E-state index in [0.717, 1.165) is 50.5 Å². The molecule has 0 spiro atoms. The first-order valence-corrected chi connectivity index (χ1v) is 16.6. The van der Waals surface area contributed by atoms with Crippen molar-refractivity contribution in [2.24, 2.45) is 44.8 Å². The molecule has 45 heavy (non-hydrogen) atoms. The molecular weight excluding hydrogens is 568 g/mol. The van der Waals surface area contributed by atoms with Gasteiger partial charge in [-0.25, -0.2) is 4.79 Å². The maximum Gasteiger partial charge on any atom is 0.406 e. The van der Waals surface area contributed by atoms with Crippen LogP contribution in [0.15, 0.2) is 27.8 Å². The molecule has 1 heterocycles. The molecular formula is C36H48N4O5. The Morgan fingerprint density at radius 1 is 1.09 bits per heavy atom. The second kappa shape index (κ2) is 10.1. The van der Waals surface area contributed by atoms with E-state index < -0.39 is 22.3 Å².